The van der Waals surface area contributed by atoms with Crippen molar-refractivity contribution in [2.24, 2.45) is 5.92 Å². The molecular weight excluding hydrogens is 216 g/mol. The van der Waals surface area contributed by atoms with Crippen molar-refractivity contribution in [3.05, 3.63) is 18.1 Å². The smallest absolute Gasteiger partial charge is 0.274 e. The highest BCUT2D eigenvalue weighted by Crippen LogP contribution is 2.30. The zero-order chi connectivity index (χ0) is 12.3. The zero-order valence-electron chi connectivity index (χ0n) is 10.1. The van der Waals surface area contributed by atoms with Gasteiger partial charge in [-0.15, -0.1) is 0 Å². The van der Waals surface area contributed by atoms with Crippen LogP contribution in [0.15, 0.2) is 12.4 Å². The normalized spacial score (nSPS) is 14.6. The predicted molar refractivity (Wildman–Crippen MR) is 65.4 cm³/mol. The Morgan fingerprint density at radius 2 is 2.24 bits per heavy atom. The molecule has 0 atom stereocenters. The Morgan fingerprint density at radius 1 is 1.47 bits per heavy atom. The summed E-state index contributed by atoms with van der Waals surface area (Å²) in [6.45, 7) is 3.70. The predicted octanol–water partition coefficient (Wildman–Crippen LogP) is 1.32. The Balaban J connectivity index is 2.05. The van der Waals surface area contributed by atoms with Gasteiger partial charge in [0.05, 0.1) is 12.4 Å². The van der Waals surface area contributed by atoms with Crippen LogP contribution in [0.5, 0.6) is 0 Å². The number of nitrogens with zero attached hydrogens (tertiary/aromatic N) is 3. The molecule has 0 unspecified atom stereocenters. The summed E-state index contributed by atoms with van der Waals surface area (Å²) >= 11 is 0. The van der Waals surface area contributed by atoms with Crippen LogP contribution in [-0.4, -0.2) is 33.9 Å². The molecule has 1 amide bonds. The first-order valence-electron chi connectivity index (χ1n) is 6.07. The van der Waals surface area contributed by atoms with E-state index in [1.54, 1.807) is 0 Å². The molecule has 5 nitrogen and oxygen atoms in total. The van der Waals surface area contributed by atoms with Crippen LogP contribution in [0.25, 0.3) is 0 Å². The minimum atomic E-state index is -0.0359. The van der Waals surface area contributed by atoms with Crippen LogP contribution >= 0.6 is 0 Å². The molecule has 1 fully saturated rings. The van der Waals surface area contributed by atoms with E-state index in [1.165, 1.54) is 25.2 Å². The topological polar surface area (TPSA) is 72.1 Å². The molecule has 0 saturated heterocycles. The molecule has 5 heteroatoms. The number of nitrogen functional groups attached to an aromatic ring is 1. The second-order valence-electron chi connectivity index (χ2n) is 4.52. The van der Waals surface area contributed by atoms with E-state index in [4.69, 9.17) is 5.73 Å². The van der Waals surface area contributed by atoms with Crippen LogP contribution in [0.4, 0.5) is 5.82 Å². The van der Waals surface area contributed by atoms with Gasteiger partial charge in [0.1, 0.15) is 11.5 Å². The van der Waals surface area contributed by atoms with Crippen LogP contribution < -0.4 is 5.73 Å². The Kier molecular flexibility index (Phi) is 3.56. The van der Waals surface area contributed by atoms with Crippen molar-refractivity contribution in [2.75, 3.05) is 18.8 Å². The Morgan fingerprint density at radius 3 is 2.76 bits per heavy atom. The quantitative estimate of drug-likeness (QED) is 0.834. The van der Waals surface area contributed by atoms with Gasteiger partial charge in [0.25, 0.3) is 5.91 Å². The first-order chi connectivity index (χ1) is 8.20. The van der Waals surface area contributed by atoms with Crippen LogP contribution in [0, 0.1) is 5.92 Å². The lowest BCUT2D eigenvalue weighted by molar-refractivity contribution is 0.0741. The first-order valence-corrected chi connectivity index (χ1v) is 6.07. The maximum absolute atomic E-state index is 12.2. The van der Waals surface area contributed by atoms with E-state index in [2.05, 4.69) is 16.9 Å². The van der Waals surface area contributed by atoms with E-state index in [9.17, 15) is 4.79 Å². The zero-order valence-corrected chi connectivity index (χ0v) is 10.1. The molecule has 1 aromatic heterocycles. The molecule has 0 aromatic carbocycles. The third-order valence-electron chi connectivity index (χ3n) is 2.85. The summed E-state index contributed by atoms with van der Waals surface area (Å²) in [5.74, 6) is 0.990. The molecule has 92 valence electrons. The van der Waals surface area contributed by atoms with Gasteiger partial charge in [-0.3, -0.25) is 4.79 Å². The first kappa shape index (κ1) is 11.8. The molecule has 2 N–H and O–H groups in total. The minimum absolute atomic E-state index is 0.0359. The summed E-state index contributed by atoms with van der Waals surface area (Å²) in [5.41, 5.74) is 5.84. The molecule has 1 saturated carbocycles. The van der Waals surface area contributed by atoms with Crippen molar-refractivity contribution >= 4 is 11.7 Å². The molecular formula is C12H18N4O. The van der Waals surface area contributed by atoms with E-state index >= 15 is 0 Å². The van der Waals surface area contributed by atoms with Gasteiger partial charge in [-0.25, -0.2) is 9.97 Å². The van der Waals surface area contributed by atoms with Crippen molar-refractivity contribution < 1.29 is 4.79 Å². The van der Waals surface area contributed by atoms with E-state index in [-0.39, 0.29) is 5.91 Å². The fraction of sp³-hybridized carbons (Fsp3) is 0.583. The van der Waals surface area contributed by atoms with Gasteiger partial charge in [0.15, 0.2) is 0 Å². The average Bonchev–Trinajstić information content (AvgIpc) is 3.13. The monoisotopic (exact) mass is 234 g/mol. The molecule has 1 aliphatic rings. The number of amides is 1. The van der Waals surface area contributed by atoms with Crippen LogP contribution in [-0.2, 0) is 0 Å². The Bertz CT molecular complexity index is 386. The fourth-order valence-electron chi connectivity index (χ4n) is 1.77. The molecule has 1 aromatic rings. The number of hydrogen-bond acceptors (Lipinski definition) is 4. The molecule has 17 heavy (non-hydrogen) atoms. The number of nitrogens with two attached hydrogens (primary N) is 1. The van der Waals surface area contributed by atoms with Gasteiger partial charge in [0.2, 0.25) is 0 Å². The second kappa shape index (κ2) is 5.12. The van der Waals surface area contributed by atoms with Gasteiger partial charge in [-0.1, -0.05) is 6.92 Å². The lowest BCUT2D eigenvalue weighted by Gasteiger charge is -2.21. The van der Waals surface area contributed by atoms with Crippen molar-refractivity contribution in [3.8, 4) is 0 Å². The Hall–Kier alpha value is -1.65. The van der Waals surface area contributed by atoms with Gasteiger partial charge < -0.3 is 10.6 Å². The number of aromatic nitrogens is 2. The molecule has 1 heterocycles. The lowest BCUT2D eigenvalue weighted by Crippen LogP contribution is -2.34. The van der Waals surface area contributed by atoms with E-state index in [0.29, 0.717) is 17.4 Å². The summed E-state index contributed by atoms with van der Waals surface area (Å²) in [4.78, 5) is 22.0. The highest BCUT2D eigenvalue weighted by atomic mass is 16.2. The van der Waals surface area contributed by atoms with Crippen molar-refractivity contribution in [3.63, 3.8) is 0 Å². The van der Waals surface area contributed by atoms with Crippen LogP contribution in [0.3, 0.4) is 0 Å². The molecule has 0 aliphatic heterocycles. The maximum atomic E-state index is 12.2. The summed E-state index contributed by atoms with van der Waals surface area (Å²) in [6, 6.07) is 0. The number of carbonyl (C=O) groups excluding carboxylic acids is 1. The fourth-order valence-corrected chi connectivity index (χ4v) is 1.77. The SMILES string of the molecule is CCCN(CC1CC1)C(=O)c1cnc(N)cn1. The van der Waals surface area contributed by atoms with Crippen LogP contribution in [0.2, 0.25) is 0 Å². The molecule has 0 bridgehead atoms. The number of anilines is 1. The van der Waals surface area contributed by atoms with Gasteiger partial charge in [-0.05, 0) is 25.2 Å². The van der Waals surface area contributed by atoms with E-state index < -0.39 is 0 Å². The molecule has 0 spiro atoms. The summed E-state index contributed by atoms with van der Waals surface area (Å²) < 4.78 is 0. The largest absolute Gasteiger partial charge is 0.382 e. The van der Waals surface area contributed by atoms with Crippen molar-refractivity contribution in [1.82, 2.24) is 14.9 Å². The van der Waals surface area contributed by atoms with Gasteiger partial charge >= 0.3 is 0 Å². The summed E-state index contributed by atoms with van der Waals surface area (Å²) in [6.07, 6.45) is 6.31. The second-order valence-corrected chi connectivity index (χ2v) is 4.52. The van der Waals surface area contributed by atoms with Crippen molar-refractivity contribution in [1.29, 1.82) is 0 Å². The molecule has 0 radical (unpaired) electrons. The lowest BCUT2D eigenvalue weighted by atomic mass is 10.3. The third-order valence-corrected chi connectivity index (χ3v) is 2.85. The van der Waals surface area contributed by atoms with Gasteiger partial charge in [-0.2, -0.15) is 0 Å². The average molecular weight is 234 g/mol. The van der Waals surface area contributed by atoms with Crippen LogP contribution in [0.1, 0.15) is 36.7 Å². The standard InChI is InChI=1S/C12H18N4O/c1-2-5-16(8-9-3-4-9)12(17)10-6-15-11(13)7-14-10/h6-7,9H,2-5,8H2,1H3,(H2,13,15). The molecule has 1 aliphatic carbocycles. The van der Waals surface area contributed by atoms with Gasteiger partial charge in [0, 0.05) is 13.1 Å². The third kappa shape index (κ3) is 3.15. The van der Waals surface area contributed by atoms with E-state index in [1.807, 2.05) is 4.90 Å². The number of hydrogen-bond donors (Lipinski definition) is 1. The highest BCUT2D eigenvalue weighted by Gasteiger charge is 2.27. The summed E-state index contributed by atoms with van der Waals surface area (Å²) in [5, 5.41) is 0. The summed E-state index contributed by atoms with van der Waals surface area (Å²) in [7, 11) is 0. The van der Waals surface area contributed by atoms with E-state index in [0.717, 1.165) is 19.5 Å². The number of carbonyl (C=O) groups is 1. The maximum Gasteiger partial charge on any atom is 0.274 e. The highest BCUT2D eigenvalue weighted by molar-refractivity contribution is 5.92. The molecule has 2 rings (SSSR count). The van der Waals surface area contributed by atoms with Crippen molar-refractivity contribution in [2.45, 2.75) is 26.2 Å². The number of rotatable bonds is 5. The Labute approximate surface area is 101 Å². The minimum Gasteiger partial charge on any atom is -0.382 e.